The van der Waals surface area contributed by atoms with Gasteiger partial charge in [-0.1, -0.05) is 48.5 Å². The third-order valence-corrected chi connectivity index (χ3v) is 8.56. The molecule has 0 radical (unpaired) electrons. The van der Waals surface area contributed by atoms with Crippen LogP contribution in [0.15, 0.2) is 67.0 Å². The molecule has 2 aromatic carbocycles. The number of pyridine rings is 1. The van der Waals surface area contributed by atoms with Crippen molar-refractivity contribution in [3.8, 4) is 0 Å². The summed E-state index contributed by atoms with van der Waals surface area (Å²) >= 11 is 1.48. The fraction of sp³-hybridized carbons (Fsp3) is 0.345. The predicted octanol–water partition coefficient (Wildman–Crippen LogP) is -1.27. The number of carbonyl (C=O) groups is 4. The molecule has 11 heteroatoms. The number of ether oxygens (including phenoxy) is 1. The summed E-state index contributed by atoms with van der Waals surface area (Å²) in [5.74, 6) is -1.32. The molecule has 40 heavy (non-hydrogen) atoms. The van der Waals surface area contributed by atoms with E-state index in [2.05, 4.69) is 10.6 Å². The van der Waals surface area contributed by atoms with Crippen molar-refractivity contribution in [3.05, 3.63) is 78.1 Å². The van der Waals surface area contributed by atoms with E-state index in [-0.39, 0.29) is 66.6 Å². The number of aryl methyl sites for hydroxylation is 1. The van der Waals surface area contributed by atoms with Gasteiger partial charge in [-0.2, -0.15) is 0 Å². The highest BCUT2D eigenvalue weighted by Crippen LogP contribution is 2.51. The zero-order valence-electron chi connectivity index (χ0n) is 22.4. The average Bonchev–Trinajstić information content (AvgIpc) is 3.17. The second kappa shape index (κ2) is 12.1. The largest absolute Gasteiger partial charge is 1.00 e. The number of thioether (sulfide) groups is 1. The minimum Gasteiger partial charge on any atom is -1.00 e. The summed E-state index contributed by atoms with van der Waals surface area (Å²) in [5.41, 5.74) is 1.39. The van der Waals surface area contributed by atoms with Crippen molar-refractivity contribution >= 4 is 46.2 Å². The molecule has 1 aromatic heterocycles. The number of rotatable bonds is 8. The molecule has 9 nitrogen and oxygen atoms in total. The van der Waals surface area contributed by atoms with Crippen molar-refractivity contribution < 1.29 is 52.5 Å². The lowest BCUT2D eigenvalue weighted by molar-refractivity contribution is -0.670. The first-order chi connectivity index (χ1) is 18.7. The van der Waals surface area contributed by atoms with E-state index in [1.54, 1.807) is 6.20 Å². The molecule has 0 saturated carbocycles. The van der Waals surface area contributed by atoms with Crippen LogP contribution in [0.5, 0.6) is 0 Å². The van der Waals surface area contributed by atoms with Gasteiger partial charge in [0.15, 0.2) is 12.4 Å². The minimum atomic E-state index is -0.782. The molecule has 0 aliphatic carbocycles. The minimum absolute atomic E-state index is 0. The number of fused-ring (bicyclic) bond motifs is 2. The Morgan fingerprint density at radius 3 is 2.50 bits per heavy atom. The number of halogens is 1. The molecule has 2 aliphatic rings. The van der Waals surface area contributed by atoms with Gasteiger partial charge in [-0.05, 0) is 25.5 Å². The summed E-state index contributed by atoms with van der Waals surface area (Å²) in [6.45, 7) is 3.89. The van der Waals surface area contributed by atoms with E-state index in [4.69, 9.17) is 4.74 Å². The summed E-state index contributed by atoms with van der Waals surface area (Å²) in [6, 6.07) is 15.5. The summed E-state index contributed by atoms with van der Waals surface area (Å²) < 4.78 is 6.73. The first-order valence-corrected chi connectivity index (χ1v) is 13.7. The highest BCUT2D eigenvalue weighted by atomic mass is 127. The van der Waals surface area contributed by atoms with Crippen molar-refractivity contribution in [2.45, 2.75) is 42.5 Å². The molecule has 2 fully saturated rings. The van der Waals surface area contributed by atoms with Gasteiger partial charge in [-0.15, -0.1) is 11.8 Å². The summed E-state index contributed by atoms with van der Waals surface area (Å²) in [7, 11) is 1.86. The topological polar surface area (TPSA) is 109 Å². The van der Waals surface area contributed by atoms with Gasteiger partial charge in [0.1, 0.15) is 36.7 Å². The van der Waals surface area contributed by atoms with Crippen LogP contribution in [0.25, 0.3) is 10.8 Å². The molecule has 210 valence electrons. The van der Waals surface area contributed by atoms with E-state index in [1.165, 1.54) is 16.7 Å². The Labute approximate surface area is 254 Å². The smallest absolute Gasteiger partial charge is 0.330 e. The maximum absolute atomic E-state index is 13.1. The van der Waals surface area contributed by atoms with Crippen molar-refractivity contribution in [2.24, 2.45) is 7.05 Å². The highest BCUT2D eigenvalue weighted by molar-refractivity contribution is 8.01. The second-order valence-electron chi connectivity index (χ2n) is 10.3. The number of hydrogen-bond donors (Lipinski definition) is 2. The summed E-state index contributed by atoms with van der Waals surface area (Å²) in [6.07, 6.45) is 3.88. The fourth-order valence-corrected chi connectivity index (χ4v) is 6.81. The zero-order valence-corrected chi connectivity index (χ0v) is 25.4. The van der Waals surface area contributed by atoms with Crippen LogP contribution < -0.4 is 39.2 Å². The number of amides is 3. The first-order valence-electron chi connectivity index (χ1n) is 12.8. The van der Waals surface area contributed by atoms with Crippen LogP contribution in [0.1, 0.15) is 29.8 Å². The van der Waals surface area contributed by atoms with Gasteiger partial charge in [0.2, 0.25) is 11.8 Å². The maximum Gasteiger partial charge on any atom is 0.330 e. The van der Waals surface area contributed by atoms with Crippen molar-refractivity contribution in [1.29, 1.82) is 0 Å². The molecule has 2 aliphatic heterocycles. The highest BCUT2D eigenvalue weighted by Gasteiger charge is 2.64. The SMILES string of the molecule is C[n+]1cc(C(=O)NCCOC(=O)C2N3C(=O)C(NC(=O)Cc4ccccc4)C3SC2(C)C)c2ccccc2c1.[I-]. The van der Waals surface area contributed by atoms with E-state index in [0.29, 0.717) is 5.56 Å². The monoisotopic (exact) mass is 674 g/mol. The van der Waals surface area contributed by atoms with Gasteiger partial charge < -0.3 is 44.2 Å². The number of β-lactam (4-membered cyclic amide) rings is 1. The standard InChI is InChI=1S/C29H30N4O5S.HI/c1-29(2)24(33-26(36)23(27(33)39-29)31-22(34)15-18-9-5-4-6-10-18)28(37)38-14-13-30-25(35)21-17-32(3)16-19-11-7-8-12-20(19)21;/h4-12,16-17,23-24,27H,13-15H2,1-3H3,(H-,30,31,34,35);1H. The Kier molecular flexibility index (Phi) is 9.03. The summed E-state index contributed by atoms with van der Waals surface area (Å²) in [5, 5.41) is 7.09. The third kappa shape index (κ3) is 5.95. The third-order valence-electron chi connectivity index (χ3n) is 6.99. The van der Waals surface area contributed by atoms with Gasteiger partial charge in [-0.25, -0.2) is 9.36 Å². The molecule has 0 spiro atoms. The van der Waals surface area contributed by atoms with E-state index in [9.17, 15) is 19.2 Å². The van der Waals surface area contributed by atoms with Gasteiger partial charge in [-0.3, -0.25) is 14.4 Å². The lowest BCUT2D eigenvalue weighted by atomic mass is 9.96. The van der Waals surface area contributed by atoms with Crippen molar-refractivity contribution in [3.63, 3.8) is 0 Å². The molecule has 3 heterocycles. The molecule has 2 saturated heterocycles. The van der Waals surface area contributed by atoms with E-state index >= 15 is 0 Å². The number of hydrogen-bond acceptors (Lipinski definition) is 6. The van der Waals surface area contributed by atoms with Crippen molar-refractivity contribution in [2.75, 3.05) is 13.2 Å². The molecule has 0 bridgehead atoms. The molecular formula is C29H31IN4O5S. The van der Waals surface area contributed by atoms with Crippen LogP contribution in [0.3, 0.4) is 0 Å². The van der Waals surface area contributed by atoms with E-state index in [0.717, 1.165) is 16.3 Å². The van der Waals surface area contributed by atoms with Crippen LogP contribution >= 0.6 is 11.8 Å². The van der Waals surface area contributed by atoms with Crippen LogP contribution in [0.2, 0.25) is 0 Å². The van der Waals surface area contributed by atoms with Crippen LogP contribution in [0, 0.1) is 0 Å². The van der Waals surface area contributed by atoms with Gasteiger partial charge in [0, 0.05) is 15.5 Å². The van der Waals surface area contributed by atoms with Gasteiger partial charge in [0.25, 0.3) is 5.91 Å². The number of esters is 1. The molecular weight excluding hydrogens is 643 g/mol. The summed E-state index contributed by atoms with van der Waals surface area (Å²) in [4.78, 5) is 52.9. The first kappa shape index (κ1) is 29.8. The lowest BCUT2D eigenvalue weighted by Gasteiger charge is -2.44. The van der Waals surface area contributed by atoms with Gasteiger partial charge >= 0.3 is 5.97 Å². The maximum atomic E-state index is 13.1. The van der Waals surface area contributed by atoms with Crippen LogP contribution in [-0.4, -0.2) is 63.9 Å². The van der Waals surface area contributed by atoms with Crippen LogP contribution in [0.4, 0.5) is 0 Å². The normalized spacial score (nSPS) is 20.6. The second-order valence-corrected chi connectivity index (χ2v) is 12.1. The molecule has 3 unspecified atom stereocenters. The van der Waals surface area contributed by atoms with Gasteiger partial charge in [0.05, 0.1) is 13.0 Å². The predicted molar refractivity (Wildman–Crippen MR) is 147 cm³/mol. The number of nitrogens with one attached hydrogen (secondary N) is 2. The molecule has 3 atom stereocenters. The Morgan fingerprint density at radius 2 is 1.75 bits per heavy atom. The quantitative estimate of drug-likeness (QED) is 0.102. The lowest BCUT2D eigenvalue weighted by Crippen LogP contribution is -3.00. The molecule has 5 rings (SSSR count). The fourth-order valence-electron chi connectivity index (χ4n) is 5.19. The Hall–Kier alpha value is -3.19. The molecule has 3 amide bonds. The number of benzene rings is 2. The number of nitrogens with zero attached hydrogens (tertiary/aromatic N) is 2. The Balaban J connectivity index is 0.00000370. The zero-order chi connectivity index (χ0) is 27.7. The number of carbonyl (C=O) groups excluding carboxylic acids is 4. The molecule has 2 N–H and O–H groups in total. The van der Waals surface area contributed by atoms with E-state index in [1.807, 2.05) is 86.3 Å². The Bertz CT molecular complexity index is 1450. The average molecular weight is 675 g/mol. The number of aromatic nitrogens is 1. The van der Waals surface area contributed by atoms with E-state index < -0.39 is 22.8 Å². The van der Waals surface area contributed by atoms with Crippen molar-refractivity contribution in [1.82, 2.24) is 15.5 Å². The van der Waals surface area contributed by atoms with Crippen LogP contribution in [-0.2, 0) is 32.6 Å². The Morgan fingerprint density at radius 1 is 1.05 bits per heavy atom. The molecule has 3 aromatic rings.